The van der Waals surface area contributed by atoms with Crippen molar-refractivity contribution < 1.29 is 43.6 Å². The fourth-order valence-electron chi connectivity index (χ4n) is 9.56. The van der Waals surface area contributed by atoms with Gasteiger partial charge in [-0.3, -0.25) is 19.2 Å². The number of aliphatic hydroxyl groups is 2. The van der Waals surface area contributed by atoms with Gasteiger partial charge in [0, 0.05) is 110 Å². The van der Waals surface area contributed by atoms with Crippen LogP contribution >= 0.6 is 0 Å². The molecule has 5 N–H and O–H groups in total. The van der Waals surface area contributed by atoms with E-state index in [-0.39, 0.29) is 43.3 Å². The summed E-state index contributed by atoms with van der Waals surface area (Å²) >= 11 is 0. The smallest absolute Gasteiger partial charge is 0.241 e. The molecule has 81 heavy (non-hydrogen) atoms. The molecule has 0 aromatic carbocycles. The van der Waals surface area contributed by atoms with Crippen molar-refractivity contribution in [3.05, 3.63) is 23.8 Å². The molecule has 452 valence electrons. The Hall–Kier alpha value is -6.07. The van der Waals surface area contributed by atoms with E-state index in [2.05, 4.69) is 52.3 Å². The number of piperazine rings is 2. The maximum absolute atomic E-state index is 13.3. The molecule has 2 saturated heterocycles. The number of carbonyl (C=O) groups is 4. The van der Waals surface area contributed by atoms with Crippen molar-refractivity contribution in [2.75, 3.05) is 127 Å². The van der Waals surface area contributed by atoms with Crippen LogP contribution in [0.3, 0.4) is 0 Å². The summed E-state index contributed by atoms with van der Waals surface area (Å²) in [5.74, 6) is 4.15. The van der Waals surface area contributed by atoms with Crippen molar-refractivity contribution in [1.82, 2.24) is 65.4 Å². The molecule has 3 aromatic heterocycles. The largest absolute Gasteiger partial charge is 0.393 e. The standard InChI is InChI=1S/C56H94N16O9/c1-4-34-79-36-38-81-39-37-80-35-25-59-54-60-55(69-30-26-67(27-31-69)52(77)21-17-13-9-5-7-11-15-19-23-57-50(75)44-71-42-48(63-65-71)40-46(2)73)62-56(61-54)70-32-28-68(29-33-70)53(78)22-18-14-10-6-8-12-16-20-24-58-51(76)45-72-43-49(64-66-72)41-47(3)74/h1,42-43,46-47,73-74H,5-41,44-45H2,2-3H3,(H,57,75)(H,58,76)(H,59,60,61,62)/t46-,47-/m1/s1. The van der Waals surface area contributed by atoms with E-state index in [4.69, 9.17) is 35.6 Å². The zero-order valence-electron chi connectivity index (χ0n) is 48.5. The number of carbonyl (C=O) groups excluding carboxylic acids is 4. The summed E-state index contributed by atoms with van der Waals surface area (Å²) in [6.07, 6.45) is 26.2. The predicted molar refractivity (Wildman–Crippen MR) is 307 cm³/mol. The molecular weight excluding hydrogens is 1040 g/mol. The minimum Gasteiger partial charge on any atom is -0.393 e. The van der Waals surface area contributed by atoms with Crippen LogP contribution in [-0.4, -0.2) is 212 Å². The van der Waals surface area contributed by atoms with E-state index < -0.39 is 12.2 Å². The van der Waals surface area contributed by atoms with Crippen LogP contribution in [0.1, 0.15) is 141 Å². The molecule has 4 amide bonds. The van der Waals surface area contributed by atoms with E-state index >= 15 is 0 Å². The van der Waals surface area contributed by atoms with E-state index in [1.807, 2.05) is 9.80 Å². The number of terminal acetylenes is 1. The van der Waals surface area contributed by atoms with Gasteiger partial charge >= 0.3 is 0 Å². The maximum atomic E-state index is 13.3. The third-order valence-corrected chi connectivity index (χ3v) is 14.0. The summed E-state index contributed by atoms with van der Waals surface area (Å²) in [7, 11) is 0. The first kappa shape index (κ1) is 65.7. The zero-order valence-corrected chi connectivity index (χ0v) is 48.5. The fraction of sp³-hybridized carbons (Fsp3) is 0.768. The summed E-state index contributed by atoms with van der Waals surface area (Å²) in [4.78, 5) is 73.8. The van der Waals surface area contributed by atoms with E-state index in [1.54, 1.807) is 26.2 Å². The van der Waals surface area contributed by atoms with Crippen LogP contribution in [0.25, 0.3) is 0 Å². The molecule has 0 spiro atoms. The number of aromatic nitrogens is 9. The van der Waals surface area contributed by atoms with Crippen molar-refractivity contribution >= 4 is 41.5 Å². The number of unbranched alkanes of at least 4 members (excludes halogenated alkanes) is 14. The molecule has 0 aliphatic carbocycles. The van der Waals surface area contributed by atoms with Crippen LogP contribution in [-0.2, 0) is 59.3 Å². The first-order valence-corrected chi connectivity index (χ1v) is 29.8. The number of amides is 4. The second-order valence-electron chi connectivity index (χ2n) is 21.2. The topological polar surface area (TPSA) is 286 Å². The third kappa shape index (κ3) is 28.0. The summed E-state index contributed by atoms with van der Waals surface area (Å²) in [6, 6.07) is 0. The van der Waals surface area contributed by atoms with Crippen LogP contribution < -0.4 is 25.8 Å². The van der Waals surface area contributed by atoms with E-state index in [0.29, 0.717) is 160 Å². The lowest BCUT2D eigenvalue weighted by atomic mass is 10.1. The average Bonchev–Trinajstić information content (AvgIpc) is 4.12. The Morgan fingerprint density at radius 1 is 0.543 bits per heavy atom. The monoisotopic (exact) mass is 1130 g/mol. The highest BCUT2D eigenvalue weighted by molar-refractivity contribution is 5.77. The molecule has 25 nitrogen and oxygen atoms in total. The van der Waals surface area contributed by atoms with Crippen LogP contribution in [0.5, 0.6) is 0 Å². The van der Waals surface area contributed by atoms with Crippen molar-refractivity contribution in [3.63, 3.8) is 0 Å². The second kappa shape index (κ2) is 39.4. The molecule has 2 atom stereocenters. The third-order valence-electron chi connectivity index (χ3n) is 14.0. The molecule has 3 aromatic rings. The molecule has 2 fully saturated rings. The summed E-state index contributed by atoms with van der Waals surface area (Å²) in [5, 5.41) is 44.1. The van der Waals surface area contributed by atoms with Gasteiger partial charge < -0.3 is 60.0 Å². The van der Waals surface area contributed by atoms with Crippen molar-refractivity contribution in [1.29, 1.82) is 0 Å². The van der Waals surface area contributed by atoms with Crippen LogP contribution in [0.15, 0.2) is 12.4 Å². The van der Waals surface area contributed by atoms with E-state index in [1.165, 1.54) is 9.36 Å². The van der Waals surface area contributed by atoms with Gasteiger partial charge in [-0.25, -0.2) is 9.36 Å². The minimum atomic E-state index is -0.505. The van der Waals surface area contributed by atoms with Gasteiger partial charge in [0.1, 0.15) is 19.7 Å². The van der Waals surface area contributed by atoms with Crippen LogP contribution in [0.4, 0.5) is 17.8 Å². The second-order valence-corrected chi connectivity index (χ2v) is 21.2. The van der Waals surface area contributed by atoms with Crippen molar-refractivity contribution in [3.8, 4) is 12.3 Å². The van der Waals surface area contributed by atoms with E-state index in [9.17, 15) is 29.4 Å². The quantitative estimate of drug-likeness (QED) is 0.0402. The fourth-order valence-corrected chi connectivity index (χ4v) is 9.56. The van der Waals surface area contributed by atoms with Gasteiger partial charge in [-0.05, 0) is 39.5 Å². The molecular formula is C56H94N16O9. The first-order chi connectivity index (χ1) is 39.4. The lowest BCUT2D eigenvalue weighted by Crippen LogP contribution is -2.50. The maximum Gasteiger partial charge on any atom is 0.241 e. The summed E-state index contributed by atoms with van der Waals surface area (Å²) in [6.45, 7) is 12.5. The molecule has 5 heterocycles. The lowest BCUT2D eigenvalue weighted by Gasteiger charge is -2.36. The Balaban J connectivity index is 0.938. The summed E-state index contributed by atoms with van der Waals surface area (Å²) < 4.78 is 19.5. The zero-order chi connectivity index (χ0) is 57.7. The number of aliphatic hydroxyl groups excluding tert-OH is 2. The highest BCUT2D eigenvalue weighted by Crippen LogP contribution is 2.21. The number of hydrogen-bond donors (Lipinski definition) is 5. The van der Waals surface area contributed by atoms with Gasteiger partial charge in [0.05, 0.1) is 56.6 Å². The SMILES string of the molecule is C#CCOCCOCCOCCNc1nc(N2CCN(C(=O)CCCCCCCCCCNC(=O)Cn3cc(C[C@@H](C)O)nn3)CC2)nc(N2CCN(C(=O)CCCCCCCCCCNC(=O)Cn3cc(C[C@@H](C)O)nn3)CC2)n1. The molecule has 25 heteroatoms. The number of rotatable bonds is 43. The summed E-state index contributed by atoms with van der Waals surface area (Å²) in [5.41, 5.74) is 1.33. The molecule has 0 saturated carbocycles. The Morgan fingerprint density at radius 3 is 1.36 bits per heavy atom. The molecule has 0 unspecified atom stereocenters. The average molecular weight is 1140 g/mol. The van der Waals surface area contributed by atoms with Gasteiger partial charge in [0.15, 0.2) is 0 Å². The predicted octanol–water partition coefficient (Wildman–Crippen LogP) is 2.95. The number of anilines is 3. The minimum absolute atomic E-state index is 0.0998. The van der Waals surface area contributed by atoms with Crippen molar-refractivity contribution in [2.24, 2.45) is 0 Å². The Bertz CT molecular complexity index is 2140. The Morgan fingerprint density at radius 2 is 0.938 bits per heavy atom. The van der Waals surface area contributed by atoms with Crippen LogP contribution in [0, 0.1) is 12.3 Å². The molecule has 0 bridgehead atoms. The number of ether oxygens (including phenoxy) is 3. The lowest BCUT2D eigenvalue weighted by molar-refractivity contribution is -0.132. The first-order valence-electron chi connectivity index (χ1n) is 29.8. The van der Waals surface area contributed by atoms with E-state index in [0.717, 1.165) is 103 Å². The van der Waals surface area contributed by atoms with Crippen LogP contribution in [0.2, 0.25) is 0 Å². The van der Waals surface area contributed by atoms with Gasteiger partial charge in [-0.15, -0.1) is 16.6 Å². The Labute approximate surface area is 479 Å². The van der Waals surface area contributed by atoms with Gasteiger partial charge in [0.2, 0.25) is 41.5 Å². The van der Waals surface area contributed by atoms with Crippen molar-refractivity contribution in [2.45, 2.75) is 168 Å². The van der Waals surface area contributed by atoms with Gasteiger partial charge in [0.25, 0.3) is 0 Å². The highest BCUT2D eigenvalue weighted by atomic mass is 16.5. The molecule has 5 rings (SSSR count). The molecule has 2 aliphatic rings. The normalized spacial score (nSPS) is 14.5. The Kier molecular flexibility index (Phi) is 32.0. The van der Waals surface area contributed by atoms with Gasteiger partial charge in [-0.2, -0.15) is 15.0 Å². The molecule has 2 aliphatic heterocycles. The van der Waals surface area contributed by atoms with Gasteiger partial charge in [-0.1, -0.05) is 93.4 Å². The number of nitrogens with one attached hydrogen (secondary N) is 3. The highest BCUT2D eigenvalue weighted by Gasteiger charge is 2.27. The molecule has 0 radical (unpaired) electrons. The number of nitrogens with zero attached hydrogens (tertiary/aromatic N) is 13. The number of hydrogen-bond acceptors (Lipinski definition) is 19.